The summed E-state index contributed by atoms with van der Waals surface area (Å²) in [6.45, 7) is 5.47. The molecule has 3 atom stereocenters. The van der Waals surface area contributed by atoms with Crippen LogP contribution in [0.1, 0.15) is 27.2 Å². The second-order valence-corrected chi connectivity index (χ2v) is 7.20. The lowest BCUT2D eigenvalue weighted by Gasteiger charge is -2.21. The maximum absolute atomic E-state index is 12.1. The summed E-state index contributed by atoms with van der Waals surface area (Å²) in [5.41, 5.74) is 0. The number of carboxylic acids is 1. The Balaban J connectivity index is 2.65. The van der Waals surface area contributed by atoms with E-state index in [0.29, 0.717) is 13.0 Å². The Morgan fingerprint density at radius 2 is 2.00 bits per heavy atom. The average molecular weight is 306 g/mol. The number of hydrogen-bond donors (Lipinski definition) is 2. The first-order chi connectivity index (χ1) is 9.18. The molecule has 0 saturated carbocycles. The Kier molecular flexibility index (Phi) is 5.52. The molecule has 8 heteroatoms. The minimum absolute atomic E-state index is 0.0290. The Bertz CT molecular complexity index is 476. The van der Waals surface area contributed by atoms with Crippen molar-refractivity contribution in [2.45, 2.75) is 33.2 Å². The minimum Gasteiger partial charge on any atom is -0.481 e. The van der Waals surface area contributed by atoms with Crippen LogP contribution in [0.4, 0.5) is 0 Å². The first-order valence-electron chi connectivity index (χ1n) is 6.69. The van der Waals surface area contributed by atoms with E-state index in [1.807, 2.05) is 0 Å². The topological polar surface area (TPSA) is 104 Å². The van der Waals surface area contributed by atoms with Gasteiger partial charge in [-0.05, 0) is 19.3 Å². The highest BCUT2D eigenvalue weighted by Gasteiger charge is 2.38. The smallest absolute Gasteiger partial charge is 0.308 e. The summed E-state index contributed by atoms with van der Waals surface area (Å²) in [6.07, 6.45) is 0.470. The molecule has 1 aliphatic rings. The summed E-state index contributed by atoms with van der Waals surface area (Å²) in [4.78, 5) is 24.6. The molecule has 1 aliphatic heterocycles. The van der Waals surface area contributed by atoms with Gasteiger partial charge in [0.05, 0.1) is 17.7 Å². The van der Waals surface area contributed by atoms with E-state index < -0.39 is 28.0 Å². The van der Waals surface area contributed by atoms with Gasteiger partial charge in [-0.3, -0.25) is 9.59 Å². The van der Waals surface area contributed by atoms with E-state index in [1.165, 1.54) is 11.8 Å². The molecule has 20 heavy (non-hydrogen) atoms. The molecular formula is C12H22N2O5S. The molecule has 0 aromatic carbocycles. The summed E-state index contributed by atoms with van der Waals surface area (Å²) in [5, 5.41) is 9.03. The van der Waals surface area contributed by atoms with Gasteiger partial charge in [0, 0.05) is 13.1 Å². The van der Waals surface area contributed by atoms with Crippen LogP contribution in [0.25, 0.3) is 0 Å². The second-order valence-electron chi connectivity index (χ2n) is 5.32. The van der Waals surface area contributed by atoms with E-state index >= 15 is 0 Å². The van der Waals surface area contributed by atoms with Crippen molar-refractivity contribution in [2.24, 2.45) is 11.8 Å². The number of nitrogens with zero attached hydrogens (tertiary/aromatic N) is 1. The molecule has 0 spiro atoms. The Morgan fingerprint density at radius 1 is 1.40 bits per heavy atom. The summed E-state index contributed by atoms with van der Waals surface area (Å²) in [5.74, 6) is -2.04. The highest BCUT2D eigenvalue weighted by Crippen LogP contribution is 2.23. The number of amides is 1. The lowest BCUT2D eigenvalue weighted by Crippen LogP contribution is -2.46. The number of carboxylic acid groups (broad SMARTS) is 1. The summed E-state index contributed by atoms with van der Waals surface area (Å²) in [7, 11) is -3.46. The SMILES string of the molecule is CCCS(=O)(=O)NC(C)C(=O)N1C[C@@H](C)[C@H](C(=O)O)C1. The number of hydrogen-bond acceptors (Lipinski definition) is 4. The number of carbonyl (C=O) groups excluding carboxylic acids is 1. The molecule has 0 radical (unpaired) electrons. The molecule has 0 aromatic heterocycles. The number of aliphatic carboxylic acids is 1. The fourth-order valence-electron chi connectivity index (χ4n) is 2.39. The van der Waals surface area contributed by atoms with Crippen LogP contribution >= 0.6 is 0 Å². The number of likely N-dealkylation sites (tertiary alicyclic amines) is 1. The van der Waals surface area contributed by atoms with E-state index in [1.54, 1.807) is 13.8 Å². The molecule has 1 saturated heterocycles. The largest absolute Gasteiger partial charge is 0.481 e. The standard InChI is InChI=1S/C12H22N2O5S/c1-4-5-20(18,19)13-9(3)11(15)14-6-8(2)10(7-14)12(16)17/h8-10,13H,4-7H2,1-3H3,(H,16,17)/t8-,9?,10-/m1/s1. The number of carbonyl (C=O) groups is 2. The fourth-order valence-corrected chi connectivity index (χ4v) is 3.68. The second kappa shape index (κ2) is 6.53. The monoisotopic (exact) mass is 306 g/mol. The van der Waals surface area contributed by atoms with Crippen molar-refractivity contribution >= 4 is 21.9 Å². The van der Waals surface area contributed by atoms with Crippen LogP contribution in [-0.4, -0.2) is 55.2 Å². The van der Waals surface area contributed by atoms with Gasteiger partial charge in [0.2, 0.25) is 15.9 Å². The molecular weight excluding hydrogens is 284 g/mol. The molecule has 1 amide bonds. The van der Waals surface area contributed by atoms with Gasteiger partial charge >= 0.3 is 5.97 Å². The van der Waals surface area contributed by atoms with Gasteiger partial charge in [0.15, 0.2) is 0 Å². The van der Waals surface area contributed by atoms with Gasteiger partial charge in [-0.15, -0.1) is 0 Å². The molecule has 7 nitrogen and oxygen atoms in total. The van der Waals surface area contributed by atoms with Crippen molar-refractivity contribution in [1.29, 1.82) is 0 Å². The van der Waals surface area contributed by atoms with Crippen LogP contribution < -0.4 is 4.72 Å². The van der Waals surface area contributed by atoms with Crippen molar-refractivity contribution < 1.29 is 23.1 Å². The van der Waals surface area contributed by atoms with Crippen LogP contribution in [0.3, 0.4) is 0 Å². The highest BCUT2D eigenvalue weighted by atomic mass is 32.2. The van der Waals surface area contributed by atoms with Gasteiger partial charge in [-0.25, -0.2) is 13.1 Å². The third-order valence-electron chi connectivity index (χ3n) is 3.44. The first kappa shape index (κ1) is 16.9. The molecule has 0 bridgehead atoms. The van der Waals surface area contributed by atoms with Crippen molar-refractivity contribution in [3.63, 3.8) is 0 Å². The van der Waals surface area contributed by atoms with Crippen LogP contribution in [0.2, 0.25) is 0 Å². The van der Waals surface area contributed by atoms with Gasteiger partial charge in [0.1, 0.15) is 0 Å². The molecule has 1 unspecified atom stereocenters. The summed E-state index contributed by atoms with van der Waals surface area (Å²) in [6, 6.07) is -0.869. The summed E-state index contributed by atoms with van der Waals surface area (Å²) >= 11 is 0. The van der Waals surface area contributed by atoms with Crippen molar-refractivity contribution in [3.8, 4) is 0 Å². The van der Waals surface area contributed by atoms with E-state index in [0.717, 1.165) is 0 Å². The van der Waals surface area contributed by atoms with Gasteiger partial charge < -0.3 is 10.0 Å². The van der Waals surface area contributed by atoms with Gasteiger partial charge in [0.25, 0.3) is 0 Å². The third kappa shape index (κ3) is 4.17. The lowest BCUT2D eigenvalue weighted by atomic mass is 9.99. The minimum atomic E-state index is -3.46. The molecule has 1 rings (SSSR count). The van der Waals surface area contributed by atoms with Gasteiger partial charge in [-0.2, -0.15) is 0 Å². The van der Waals surface area contributed by atoms with Crippen LogP contribution in [0.15, 0.2) is 0 Å². The molecule has 0 aliphatic carbocycles. The predicted molar refractivity (Wildman–Crippen MR) is 73.5 cm³/mol. The zero-order valence-corrected chi connectivity index (χ0v) is 12.8. The number of sulfonamides is 1. The zero-order chi connectivity index (χ0) is 15.5. The van der Waals surface area contributed by atoms with E-state index in [4.69, 9.17) is 5.11 Å². The predicted octanol–water partition coefficient (Wildman–Crippen LogP) is -0.117. The van der Waals surface area contributed by atoms with E-state index in [9.17, 15) is 18.0 Å². The zero-order valence-electron chi connectivity index (χ0n) is 12.0. The molecule has 1 heterocycles. The number of nitrogens with one attached hydrogen (secondary N) is 1. The maximum atomic E-state index is 12.1. The summed E-state index contributed by atoms with van der Waals surface area (Å²) < 4.78 is 25.6. The van der Waals surface area contributed by atoms with Crippen molar-refractivity contribution in [2.75, 3.05) is 18.8 Å². The number of rotatable bonds is 6. The van der Waals surface area contributed by atoms with Crippen LogP contribution in [-0.2, 0) is 19.6 Å². The third-order valence-corrected chi connectivity index (χ3v) is 5.10. The highest BCUT2D eigenvalue weighted by molar-refractivity contribution is 7.89. The average Bonchev–Trinajstić information content (AvgIpc) is 2.69. The van der Waals surface area contributed by atoms with Gasteiger partial charge in [-0.1, -0.05) is 13.8 Å². The molecule has 2 N–H and O–H groups in total. The Labute approximate surface area is 119 Å². The first-order valence-corrected chi connectivity index (χ1v) is 8.34. The quantitative estimate of drug-likeness (QED) is 0.712. The van der Waals surface area contributed by atoms with Crippen LogP contribution in [0.5, 0.6) is 0 Å². The fraction of sp³-hybridized carbons (Fsp3) is 0.833. The molecule has 0 aromatic rings. The van der Waals surface area contributed by atoms with E-state index in [2.05, 4.69) is 4.72 Å². The molecule has 116 valence electrons. The van der Waals surface area contributed by atoms with Crippen molar-refractivity contribution in [1.82, 2.24) is 9.62 Å². The van der Waals surface area contributed by atoms with E-state index in [-0.39, 0.29) is 24.1 Å². The Hall–Kier alpha value is -1.15. The lowest BCUT2D eigenvalue weighted by molar-refractivity contribution is -0.142. The van der Waals surface area contributed by atoms with Crippen molar-refractivity contribution in [3.05, 3.63) is 0 Å². The Morgan fingerprint density at radius 3 is 2.45 bits per heavy atom. The maximum Gasteiger partial charge on any atom is 0.308 e. The normalized spacial score (nSPS) is 24.6. The molecule has 1 fully saturated rings. The van der Waals surface area contributed by atoms with Crippen LogP contribution in [0, 0.1) is 11.8 Å².